The van der Waals surface area contributed by atoms with E-state index in [1.165, 1.54) is 44.2 Å². The number of benzene rings is 9. The SMILES string of the molecule is c1ccc(-c2ccc(-c3cc4oc5cc(N(c6ccc(-c7ccccc7)cc6)c6cccc(-c7ccccc7)c6)ccc5c4c4ccccc34)cc2)cc1. The van der Waals surface area contributed by atoms with Crippen LogP contribution in [-0.2, 0) is 0 Å². The predicted molar refractivity (Wildman–Crippen MR) is 228 cm³/mol. The number of furan rings is 1. The molecule has 0 saturated carbocycles. The molecule has 0 bridgehead atoms. The van der Waals surface area contributed by atoms with Crippen LogP contribution in [0.1, 0.15) is 0 Å². The highest BCUT2D eigenvalue weighted by atomic mass is 16.3. The van der Waals surface area contributed by atoms with Crippen molar-refractivity contribution < 1.29 is 4.42 Å². The van der Waals surface area contributed by atoms with Crippen LogP contribution in [0.4, 0.5) is 17.1 Å². The van der Waals surface area contributed by atoms with Crippen LogP contribution in [0.15, 0.2) is 217 Å². The molecule has 0 unspecified atom stereocenters. The molecular weight excluding hydrogens is 655 g/mol. The van der Waals surface area contributed by atoms with Gasteiger partial charge in [0.15, 0.2) is 0 Å². The van der Waals surface area contributed by atoms with Gasteiger partial charge in [-0.1, -0.05) is 164 Å². The van der Waals surface area contributed by atoms with Crippen LogP contribution in [0.3, 0.4) is 0 Å². The number of rotatable bonds is 7. The Labute approximate surface area is 314 Å². The summed E-state index contributed by atoms with van der Waals surface area (Å²) in [5.74, 6) is 0. The highest BCUT2D eigenvalue weighted by molar-refractivity contribution is 6.22. The molecule has 1 heterocycles. The van der Waals surface area contributed by atoms with Gasteiger partial charge < -0.3 is 9.32 Å². The lowest BCUT2D eigenvalue weighted by molar-refractivity contribution is 0.669. The molecule has 0 fully saturated rings. The van der Waals surface area contributed by atoms with Gasteiger partial charge in [0, 0.05) is 33.9 Å². The lowest BCUT2D eigenvalue weighted by atomic mass is 9.94. The van der Waals surface area contributed by atoms with Crippen LogP contribution in [0.5, 0.6) is 0 Å². The van der Waals surface area contributed by atoms with Crippen LogP contribution in [-0.4, -0.2) is 0 Å². The Morgan fingerprint density at radius 1 is 0.278 bits per heavy atom. The van der Waals surface area contributed by atoms with Gasteiger partial charge in [-0.15, -0.1) is 0 Å². The van der Waals surface area contributed by atoms with E-state index in [9.17, 15) is 0 Å². The summed E-state index contributed by atoms with van der Waals surface area (Å²) in [6.45, 7) is 0. The second-order valence-corrected chi connectivity index (χ2v) is 13.7. The molecule has 2 heteroatoms. The summed E-state index contributed by atoms with van der Waals surface area (Å²) in [6, 6.07) is 75.7. The van der Waals surface area contributed by atoms with Gasteiger partial charge in [-0.3, -0.25) is 0 Å². The lowest BCUT2D eigenvalue weighted by Crippen LogP contribution is -2.10. The van der Waals surface area contributed by atoms with Gasteiger partial charge in [0.25, 0.3) is 0 Å². The maximum Gasteiger partial charge on any atom is 0.137 e. The van der Waals surface area contributed by atoms with Crippen molar-refractivity contribution in [3.05, 3.63) is 212 Å². The lowest BCUT2D eigenvalue weighted by Gasteiger charge is -2.26. The molecule has 0 aliphatic rings. The van der Waals surface area contributed by atoms with Crippen LogP contribution in [0, 0.1) is 0 Å². The molecule has 0 atom stereocenters. The number of hydrogen-bond donors (Lipinski definition) is 0. The molecule has 1 aromatic heterocycles. The van der Waals surface area contributed by atoms with Gasteiger partial charge in [-0.2, -0.15) is 0 Å². The van der Waals surface area contributed by atoms with Crippen molar-refractivity contribution >= 4 is 49.8 Å². The van der Waals surface area contributed by atoms with Crippen LogP contribution < -0.4 is 4.90 Å². The predicted octanol–water partition coefficient (Wildman–Crippen LogP) is 14.9. The highest BCUT2D eigenvalue weighted by Crippen LogP contribution is 2.44. The third kappa shape index (κ3) is 5.71. The van der Waals surface area contributed by atoms with Crippen molar-refractivity contribution in [1.29, 1.82) is 0 Å². The van der Waals surface area contributed by atoms with Crippen LogP contribution in [0.25, 0.3) is 77.2 Å². The topological polar surface area (TPSA) is 16.4 Å². The number of anilines is 3. The summed E-state index contributed by atoms with van der Waals surface area (Å²) in [5.41, 5.74) is 14.4. The van der Waals surface area contributed by atoms with Gasteiger partial charge in [-0.05, 0) is 97.7 Å². The Balaban J connectivity index is 1.11. The molecule has 0 spiro atoms. The summed E-state index contributed by atoms with van der Waals surface area (Å²) in [5, 5.41) is 4.64. The smallest absolute Gasteiger partial charge is 0.137 e. The Hall–Kier alpha value is -7.16. The minimum Gasteiger partial charge on any atom is -0.456 e. The van der Waals surface area contributed by atoms with E-state index in [-0.39, 0.29) is 0 Å². The first-order valence-corrected chi connectivity index (χ1v) is 18.4. The molecule has 10 aromatic rings. The molecule has 9 aromatic carbocycles. The van der Waals surface area contributed by atoms with E-state index < -0.39 is 0 Å². The van der Waals surface area contributed by atoms with Crippen molar-refractivity contribution in [1.82, 2.24) is 0 Å². The van der Waals surface area contributed by atoms with Gasteiger partial charge in [0.1, 0.15) is 11.2 Å². The van der Waals surface area contributed by atoms with Crippen molar-refractivity contribution in [2.24, 2.45) is 0 Å². The van der Waals surface area contributed by atoms with Crippen LogP contribution in [0.2, 0.25) is 0 Å². The average molecular weight is 690 g/mol. The quantitative estimate of drug-likeness (QED) is 0.166. The minimum absolute atomic E-state index is 0.856. The second-order valence-electron chi connectivity index (χ2n) is 13.7. The molecule has 0 saturated heterocycles. The fourth-order valence-corrected chi connectivity index (χ4v) is 7.82. The molecule has 0 amide bonds. The van der Waals surface area contributed by atoms with Gasteiger partial charge >= 0.3 is 0 Å². The Bertz CT molecular complexity index is 2890. The first-order chi connectivity index (χ1) is 26.8. The van der Waals surface area contributed by atoms with Crippen molar-refractivity contribution in [2.75, 3.05) is 4.90 Å². The van der Waals surface area contributed by atoms with E-state index in [2.05, 4.69) is 217 Å². The summed E-state index contributed by atoms with van der Waals surface area (Å²) in [4.78, 5) is 2.33. The van der Waals surface area contributed by atoms with Crippen molar-refractivity contribution in [2.45, 2.75) is 0 Å². The number of hydrogen-bond acceptors (Lipinski definition) is 2. The molecule has 0 aliphatic heterocycles. The molecule has 0 aliphatic carbocycles. The number of fused-ring (bicyclic) bond motifs is 5. The zero-order valence-electron chi connectivity index (χ0n) is 29.6. The molecule has 10 rings (SSSR count). The summed E-state index contributed by atoms with van der Waals surface area (Å²) in [7, 11) is 0. The Morgan fingerprint density at radius 2 is 0.759 bits per heavy atom. The summed E-state index contributed by atoms with van der Waals surface area (Å²) in [6.07, 6.45) is 0. The Morgan fingerprint density at radius 3 is 1.41 bits per heavy atom. The normalized spacial score (nSPS) is 11.3. The standard InChI is InChI=1S/C52H35NO/c1-4-13-36(14-5-1)39-23-25-41(26-24-39)49-35-51-52(47-22-11-10-21-46(47)49)48-32-31-45(34-50(48)54-51)53(43-29-27-40(28-30-43)37-15-6-2-7-16-37)44-20-12-19-42(33-44)38-17-8-3-9-18-38/h1-35H. The summed E-state index contributed by atoms with van der Waals surface area (Å²) >= 11 is 0. The van der Waals surface area contributed by atoms with Crippen molar-refractivity contribution in [3.8, 4) is 44.5 Å². The van der Waals surface area contributed by atoms with Gasteiger partial charge in [-0.25, -0.2) is 0 Å². The zero-order chi connectivity index (χ0) is 35.8. The number of nitrogens with zero attached hydrogens (tertiary/aromatic N) is 1. The molecule has 54 heavy (non-hydrogen) atoms. The van der Waals surface area contributed by atoms with E-state index in [0.29, 0.717) is 0 Å². The van der Waals surface area contributed by atoms with Crippen molar-refractivity contribution in [3.63, 3.8) is 0 Å². The second kappa shape index (κ2) is 13.4. The van der Waals surface area contributed by atoms with E-state index in [4.69, 9.17) is 4.42 Å². The molecular formula is C52H35NO. The van der Waals surface area contributed by atoms with E-state index in [1.807, 2.05) is 0 Å². The van der Waals surface area contributed by atoms with Crippen LogP contribution >= 0.6 is 0 Å². The van der Waals surface area contributed by atoms with Gasteiger partial charge in [0.05, 0.1) is 0 Å². The molecule has 2 nitrogen and oxygen atoms in total. The largest absolute Gasteiger partial charge is 0.456 e. The molecule has 0 radical (unpaired) electrons. The van der Waals surface area contributed by atoms with E-state index >= 15 is 0 Å². The maximum atomic E-state index is 6.82. The first-order valence-electron chi connectivity index (χ1n) is 18.4. The highest BCUT2D eigenvalue weighted by Gasteiger charge is 2.19. The molecule has 0 N–H and O–H groups in total. The average Bonchev–Trinajstić information content (AvgIpc) is 3.63. The van der Waals surface area contributed by atoms with E-state index in [0.717, 1.165) is 50.1 Å². The minimum atomic E-state index is 0.856. The molecule has 254 valence electrons. The maximum absolute atomic E-state index is 6.82. The fraction of sp³-hybridized carbons (Fsp3) is 0. The fourth-order valence-electron chi connectivity index (χ4n) is 7.82. The Kier molecular flexibility index (Phi) is 7.85. The van der Waals surface area contributed by atoms with E-state index in [1.54, 1.807) is 0 Å². The third-order valence-corrected chi connectivity index (χ3v) is 10.5. The monoisotopic (exact) mass is 689 g/mol. The first kappa shape index (κ1) is 31.6. The third-order valence-electron chi connectivity index (χ3n) is 10.5. The zero-order valence-corrected chi connectivity index (χ0v) is 29.6. The summed E-state index contributed by atoms with van der Waals surface area (Å²) < 4.78 is 6.82. The van der Waals surface area contributed by atoms with Gasteiger partial charge in [0.2, 0.25) is 0 Å².